The number of hydrogen-bond acceptors (Lipinski definition) is 4. The van der Waals surface area contributed by atoms with Crippen molar-refractivity contribution < 1.29 is 4.74 Å². The van der Waals surface area contributed by atoms with Gasteiger partial charge in [0.05, 0.1) is 12.1 Å². The molecular formula is C12H18ClN3O. The number of nitrogens with zero attached hydrogens (tertiary/aromatic N) is 2. The minimum Gasteiger partial charge on any atom is -0.376 e. The second kappa shape index (κ2) is 5.65. The number of halogens is 1. The van der Waals surface area contributed by atoms with Crippen molar-refractivity contribution in [3.8, 4) is 0 Å². The molecule has 0 spiro atoms. The van der Waals surface area contributed by atoms with Crippen molar-refractivity contribution in [3.63, 3.8) is 0 Å². The Balaban J connectivity index is 2.05. The van der Waals surface area contributed by atoms with Gasteiger partial charge in [0.1, 0.15) is 5.15 Å². The number of anilines is 1. The van der Waals surface area contributed by atoms with Crippen LogP contribution in [-0.2, 0) is 4.74 Å². The Morgan fingerprint density at radius 2 is 2.35 bits per heavy atom. The highest BCUT2D eigenvalue weighted by molar-refractivity contribution is 6.29. The normalized spacial score (nSPS) is 24.9. The van der Waals surface area contributed by atoms with E-state index in [0.29, 0.717) is 17.0 Å². The van der Waals surface area contributed by atoms with E-state index in [1.165, 1.54) is 0 Å². The van der Waals surface area contributed by atoms with Crippen molar-refractivity contribution in [2.24, 2.45) is 5.92 Å². The van der Waals surface area contributed by atoms with Crippen molar-refractivity contribution in [1.29, 1.82) is 0 Å². The molecule has 0 aliphatic carbocycles. The maximum absolute atomic E-state index is 5.84. The maximum atomic E-state index is 5.84. The molecule has 2 rings (SSSR count). The first kappa shape index (κ1) is 12.6. The van der Waals surface area contributed by atoms with Crippen LogP contribution >= 0.6 is 11.6 Å². The highest BCUT2D eigenvalue weighted by Gasteiger charge is 2.28. The summed E-state index contributed by atoms with van der Waals surface area (Å²) in [7, 11) is 0. The Labute approximate surface area is 107 Å². The summed E-state index contributed by atoms with van der Waals surface area (Å²) < 4.78 is 5.80. The second-order valence-electron chi connectivity index (χ2n) is 4.68. The van der Waals surface area contributed by atoms with Gasteiger partial charge in [-0.05, 0) is 24.8 Å². The Kier molecular flexibility index (Phi) is 4.18. The van der Waals surface area contributed by atoms with Crippen LogP contribution in [0.5, 0.6) is 0 Å². The summed E-state index contributed by atoms with van der Waals surface area (Å²) in [6.07, 6.45) is 4.03. The van der Waals surface area contributed by atoms with Gasteiger partial charge >= 0.3 is 0 Å². The van der Waals surface area contributed by atoms with Gasteiger partial charge in [-0.1, -0.05) is 25.4 Å². The molecule has 5 heteroatoms. The van der Waals surface area contributed by atoms with Gasteiger partial charge in [0.15, 0.2) is 0 Å². The van der Waals surface area contributed by atoms with E-state index in [2.05, 4.69) is 29.1 Å². The van der Waals surface area contributed by atoms with Crippen LogP contribution in [0.3, 0.4) is 0 Å². The van der Waals surface area contributed by atoms with Gasteiger partial charge in [0, 0.05) is 12.8 Å². The van der Waals surface area contributed by atoms with Crippen molar-refractivity contribution in [3.05, 3.63) is 17.4 Å². The van der Waals surface area contributed by atoms with E-state index in [1.54, 1.807) is 12.3 Å². The molecule has 0 radical (unpaired) electrons. The monoisotopic (exact) mass is 255 g/mol. The zero-order chi connectivity index (χ0) is 12.3. The first-order valence-corrected chi connectivity index (χ1v) is 6.41. The molecule has 1 aromatic heterocycles. The SMILES string of the molecule is CC(C)[C@@H]1OCCC[C@@H]1Nc1nccc(Cl)n1. The molecule has 2 atom stereocenters. The zero-order valence-corrected chi connectivity index (χ0v) is 10.9. The third-order valence-corrected chi connectivity index (χ3v) is 3.17. The fraction of sp³-hybridized carbons (Fsp3) is 0.667. The van der Waals surface area contributed by atoms with E-state index in [-0.39, 0.29) is 12.1 Å². The average Bonchev–Trinajstić information content (AvgIpc) is 2.29. The van der Waals surface area contributed by atoms with Gasteiger partial charge in [-0.2, -0.15) is 0 Å². The van der Waals surface area contributed by atoms with E-state index >= 15 is 0 Å². The highest BCUT2D eigenvalue weighted by Crippen LogP contribution is 2.23. The van der Waals surface area contributed by atoms with Gasteiger partial charge in [0.2, 0.25) is 5.95 Å². The Hall–Kier alpha value is -0.870. The van der Waals surface area contributed by atoms with Crippen LogP contribution in [0.15, 0.2) is 12.3 Å². The number of nitrogens with one attached hydrogen (secondary N) is 1. The van der Waals surface area contributed by atoms with Crippen LogP contribution < -0.4 is 5.32 Å². The summed E-state index contributed by atoms with van der Waals surface area (Å²) >= 11 is 5.84. The Bertz CT molecular complexity index is 373. The maximum Gasteiger partial charge on any atom is 0.224 e. The zero-order valence-electron chi connectivity index (χ0n) is 10.2. The molecule has 94 valence electrons. The third-order valence-electron chi connectivity index (χ3n) is 2.96. The van der Waals surface area contributed by atoms with Crippen molar-refractivity contribution >= 4 is 17.5 Å². The highest BCUT2D eigenvalue weighted by atomic mass is 35.5. The van der Waals surface area contributed by atoms with Gasteiger partial charge in [0.25, 0.3) is 0 Å². The topological polar surface area (TPSA) is 47.0 Å². The van der Waals surface area contributed by atoms with Gasteiger partial charge in [-0.15, -0.1) is 0 Å². The summed E-state index contributed by atoms with van der Waals surface area (Å²) in [6.45, 7) is 5.18. The van der Waals surface area contributed by atoms with Crippen molar-refractivity contribution in [2.45, 2.75) is 38.8 Å². The third kappa shape index (κ3) is 3.30. The number of rotatable bonds is 3. The fourth-order valence-electron chi connectivity index (χ4n) is 2.19. The lowest BCUT2D eigenvalue weighted by atomic mass is 9.94. The molecular weight excluding hydrogens is 238 g/mol. The van der Waals surface area contributed by atoms with Gasteiger partial charge in [-0.3, -0.25) is 0 Å². The predicted molar refractivity (Wildman–Crippen MR) is 68.3 cm³/mol. The Morgan fingerprint density at radius 3 is 3.06 bits per heavy atom. The summed E-state index contributed by atoms with van der Waals surface area (Å²) in [5.74, 6) is 1.06. The number of aromatic nitrogens is 2. The van der Waals surface area contributed by atoms with Gasteiger partial charge in [-0.25, -0.2) is 9.97 Å². The molecule has 1 aliphatic heterocycles. The van der Waals surface area contributed by atoms with Crippen LogP contribution in [0.1, 0.15) is 26.7 Å². The van der Waals surface area contributed by atoms with Crippen LogP contribution in [0.2, 0.25) is 5.15 Å². The average molecular weight is 256 g/mol. The molecule has 1 aliphatic rings. The van der Waals surface area contributed by atoms with E-state index in [9.17, 15) is 0 Å². The molecule has 4 nitrogen and oxygen atoms in total. The molecule has 0 amide bonds. The Morgan fingerprint density at radius 1 is 1.53 bits per heavy atom. The molecule has 0 saturated carbocycles. The summed E-state index contributed by atoms with van der Waals surface area (Å²) in [6, 6.07) is 1.94. The number of ether oxygens (including phenoxy) is 1. The van der Waals surface area contributed by atoms with Crippen molar-refractivity contribution in [2.75, 3.05) is 11.9 Å². The molecule has 0 unspecified atom stereocenters. The largest absolute Gasteiger partial charge is 0.376 e. The predicted octanol–water partition coefficient (Wildman–Crippen LogP) is 2.75. The second-order valence-corrected chi connectivity index (χ2v) is 5.06. The van der Waals surface area contributed by atoms with Crippen LogP contribution in [0, 0.1) is 5.92 Å². The van der Waals surface area contributed by atoms with Crippen LogP contribution in [0.4, 0.5) is 5.95 Å². The molecule has 1 saturated heterocycles. The quantitative estimate of drug-likeness (QED) is 0.844. The summed E-state index contributed by atoms with van der Waals surface area (Å²) in [5, 5.41) is 3.78. The first-order chi connectivity index (χ1) is 8.16. The number of hydrogen-bond donors (Lipinski definition) is 1. The standard InChI is InChI=1S/C12H18ClN3O/c1-8(2)11-9(4-3-7-17-11)15-12-14-6-5-10(13)16-12/h5-6,8-9,11H,3-4,7H2,1-2H3,(H,14,15,16)/t9-,11-/m0/s1. The lowest BCUT2D eigenvalue weighted by Crippen LogP contribution is -2.43. The van der Waals surface area contributed by atoms with E-state index in [1.807, 2.05) is 0 Å². The van der Waals surface area contributed by atoms with Gasteiger partial charge < -0.3 is 10.1 Å². The molecule has 0 bridgehead atoms. The van der Waals surface area contributed by atoms with Crippen LogP contribution in [-0.4, -0.2) is 28.7 Å². The lowest BCUT2D eigenvalue weighted by molar-refractivity contribution is -0.0204. The van der Waals surface area contributed by atoms with E-state index < -0.39 is 0 Å². The lowest BCUT2D eigenvalue weighted by Gasteiger charge is -2.34. The summed E-state index contributed by atoms with van der Waals surface area (Å²) in [5.41, 5.74) is 0. The molecule has 2 heterocycles. The smallest absolute Gasteiger partial charge is 0.224 e. The van der Waals surface area contributed by atoms with Crippen molar-refractivity contribution in [1.82, 2.24) is 9.97 Å². The molecule has 1 aromatic rings. The minimum atomic E-state index is 0.214. The van der Waals surface area contributed by atoms with E-state index in [0.717, 1.165) is 19.4 Å². The molecule has 0 aromatic carbocycles. The molecule has 17 heavy (non-hydrogen) atoms. The fourth-order valence-corrected chi connectivity index (χ4v) is 2.32. The first-order valence-electron chi connectivity index (χ1n) is 6.03. The summed E-state index contributed by atoms with van der Waals surface area (Å²) in [4.78, 5) is 8.31. The van der Waals surface area contributed by atoms with Crippen LogP contribution in [0.25, 0.3) is 0 Å². The van der Waals surface area contributed by atoms with E-state index in [4.69, 9.17) is 16.3 Å². The minimum absolute atomic E-state index is 0.214. The molecule has 1 N–H and O–H groups in total. The molecule has 1 fully saturated rings.